The van der Waals surface area contributed by atoms with E-state index in [-0.39, 0.29) is 29.0 Å². The Morgan fingerprint density at radius 3 is 2.42 bits per heavy atom. The Morgan fingerprint density at radius 2 is 1.82 bits per heavy atom. The summed E-state index contributed by atoms with van der Waals surface area (Å²) in [7, 11) is 1.32. The number of anilines is 1. The Balaban J connectivity index is 2.04. The van der Waals surface area contributed by atoms with E-state index < -0.39 is 47.5 Å². The topological polar surface area (TPSA) is 102 Å². The summed E-state index contributed by atoms with van der Waals surface area (Å²) in [6.07, 6.45) is -4.65. The number of carbonyl (C=O) groups is 3. The monoisotopic (exact) mass is 533 g/mol. The number of aryl methyl sites for hydroxylation is 1. The number of fused-ring (bicyclic) bond motifs is 1. The van der Waals surface area contributed by atoms with E-state index in [2.05, 4.69) is 6.58 Å². The van der Waals surface area contributed by atoms with Gasteiger partial charge >= 0.3 is 23.9 Å². The number of hydrogen-bond acceptors (Lipinski definition) is 6. The lowest BCUT2D eigenvalue weighted by molar-refractivity contribution is -0.141. The second-order valence-corrected chi connectivity index (χ2v) is 8.28. The highest BCUT2D eigenvalue weighted by atomic mass is 19.4. The van der Waals surface area contributed by atoms with E-state index in [9.17, 15) is 32.3 Å². The lowest BCUT2D eigenvalue weighted by Crippen LogP contribution is -2.46. The quantitative estimate of drug-likeness (QED) is 0.190. The molecule has 0 N–H and O–H groups in total. The van der Waals surface area contributed by atoms with Crippen LogP contribution in [0.15, 0.2) is 57.8 Å². The zero-order valence-electron chi connectivity index (χ0n) is 21.2. The number of hydrogen-bond donors (Lipinski definition) is 0. The van der Waals surface area contributed by atoms with Gasteiger partial charge in [0, 0.05) is 25.3 Å². The Kier molecular flexibility index (Phi) is 8.13. The van der Waals surface area contributed by atoms with Gasteiger partial charge in [-0.25, -0.2) is 14.4 Å². The van der Waals surface area contributed by atoms with Gasteiger partial charge in [-0.1, -0.05) is 18.7 Å². The molecule has 3 aromatic rings. The highest BCUT2D eigenvalue weighted by molar-refractivity contribution is 6.20. The second kappa shape index (κ2) is 11.0. The lowest BCUT2D eigenvalue weighted by Gasteiger charge is -2.28. The first kappa shape index (κ1) is 28.2. The van der Waals surface area contributed by atoms with E-state index in [0.29, 0.717) is 17.0 Å². The van der Waals surface area contributed by atoms with Crippen molar-refractivity contribution < 1.29 is 36.7 Å². The predicted octanol–water partition coefficient (Wildman–Crippen LogP) is 4.65. The highest BCUT2D eigenvalue weighted by Gasteiger charge is 2.35. The predicted molar refractivity (Wildman–Crippen MR) is 132 cm³/mol. The summed E-state index contributed by atoms with van der Waals surface area (Å²) in [6.45, 7) is 7.63. The van der Waals surface area contributed by atoms with Crippen LogP contribution in [-0.4, -0.2) is 41.0 Å². The van der Waals surface area contributed by atoms with Crippen molar-refractivity contribution in [1.82, 2.24) is 9.47 Å². The number of esters is 1. The zero-order valence-corrected chi connectivity index (χ0v) is 21.2. The van der Waals surface area contributed by atoms with Crippen LogP contribution in [0.25, 0.3) is 11.1 Å². The van der Waals surface area contributed by atoms with E-state index in [1.54, 1.807) is 13.0 Å². The number of rotatable bonds is 7. The van der Waals surface area contributed by atoms with Crippen LogP contribution in [-0.2, 0) is 33.6 Å². The number of oxazole rings is 1. The summed E-state index contributed by atoms with van der Waals surface area (Å²) in [5, 5.41) is 0. The molecule has 0 spiro atoms. The largest absolute Gasteiger partial charge is 0.462 e. The number of aromatic nitrogens is 1. The maximum absolute atomic E-state index is 13.5. The van der Waals surface area contributed by atoms with Crippen molar-refractivity contribution in [1.29, 1.82) is 0 Å². The number of halogens is 3. The lowest BCUT2D eigenvalue weighted by atomic mass is 10.0. The molecule has 202 valence electrons. The summed E-state index contributed by atoms with van der Waals surface area (Å²) in [5.74, 6) is -2.79. The number of carbonyl (C=O) groups excluding carboxylic acids is 3. The van der Waals surface area contributed by atoms with Crippen molar-refractivity contribution in [3.05, 3.63) is 75.8 Å². The SMILES string of the molecule is C=C(C(=O)OCC)C(=O)N(Cc1cccc(C(F)(F)F)c1C)C(=O)N(C)c1ccc2c(c1)oc(=O)n2CC. The second-order valence-electron chi connectivity index (χ2n) is 8.28. The molecule has 0 aliphatic rings. The van der Waals surface area contributed by atoms with Gasteiger partial charge in [0.05, 0.1) is 24.2 Å². The van der Waals surface area contributed by atoms with Gasteiger partial charge in [-0.05, 0) is 50.1 Å². The fraction of sp³-hybridized carbons (Fsp3) is 0.308. The van der Waals surface area contributed by atoms with Gasteiger partial charge in [0.25, 0.3) is 5.91 Å². The van der Waals surface area contributed by atoms with Gasteiger partial charge < -0.3 is 9.15 Å². The first-order valence-electron chi connectivity index (χ1n) is 11.6. The number of urea groups is 1. The van der Waals surface area contributed by atoms with Crippen LogP contribution in [0.2, 0.25) is 0 Å². The van der Waals surface area contributed by atoms with E-state index in [4.69, 9.17) is 9.15 Å². The third kappa shape index (κ3) is 5.48. The van der Waals surface area contributed by atoms with Crippen LogP contribution in [0.5, 0.6) is 0 Å². The zero-order chi connectivity index (χ0) is 28.4. The van der Waals surface area contributed by atoms with Crippen molar-refractivity contribution in [3.8, 4) is 0 Å². The van der Waals surface area contributed by atoms with Gasteiger partial charge in [-0.2, -0.15) is 13.2 Å². The minimum atomic E-state index is -4.65. The number of alkyl halides is 3. The normalized spacial score (nSPS) is 11.3. The maximum atomic E-state index is 13.5. The summed E-state index contributed by atoms with van der Waals surface area (Å²) in [4.78, 5) is 52.6. The van der Waals surface area contributed by atoms with E-state index >= 15 is 0 Å². The Morgan fingerprint density at radius 1 is 1.13 bits per heavy atom. The van der Waals surface area contributed by atoms with E-state index in [1.807, 2.05) is 0 Å². The average molecular weight is 534 g/mol. The minimum absolute atomic E-state index is 0.0352. The number of ether oxygens (including phenoxy) is 1. The van der Waals surface area contributed by atoms with Crippen LogP contribution in [0, 0.1) is 6.92 Å². The molecule has 0 bridgehead atoms. The molecule has 0 atom stereocenters. The fourth-order valence-electron chi connectivity index (χ4n) is 3.88. The molecule has 0 unspecified atom stereocenters. The van der Waals surface area contributed by atoms with Crippen molar-refractivity contribution in [2.45, 2.75) is 40.0 Å². The molecule has 3 rings (SSSR count). The number of imide groups is 1. The Labute approximate surface area is 215 Å². The van der Waals surface area contributed by atoms with E-state index in [0.717, 1.165) is 17.0 Å². The molecule has 3 amide bonds. The first-order chi connectivity index (χ1) is 17.8. The summed E-state index contributed by atoms with van der Waals surface area (Å²) >= 11 is 0. The Hall–Kier alpha value is -4.35. The third-order valence-electron chi connectivity index (χ3n) is 5.98. The molecule has 0 saturated carbocycles. The van der Waals surface area contributed by atoms with E-state index in [1.165, 1.54) is 43.7 Å². The van der Waals surface area contributed by atoms with Crippen molar-refractivity contribution in [2.24, 2.45) is 0 Å². The molecule has 1 aromatic heterocycles. The molecule has 12 heteroatoms. The van der Waals surface area contributed by atoms with Crippen molar-refractivity contribution in [3.63, 3.8) is 0 Å². The molecule has 2 aromatic carbocycles. The number of benzene rings is 2. The van der Waals surface area contributed by atoms with Gasteiger partial charge in [-0.3, -0.25) is 19.2 Å². The van der Waals surface area contributed by atoms with Crippen LogP contribution in [0.3, 0.4) is 0 Å². The molecule has 0 saturated heterocycles. The molecule has 38 heavy (non-hydrogen) atoms. The molecular formula is C26H26F3N3O6. The molecule has 9 nitrogen and oxygen atoms in total. The fourth-order valence-corrected chi connectivity index (χ4v) is 3.88. The number of amides is 3. The highest BCUT2D eigenvalue weighted by Crippen LogP contribution is 2.33. The standard InChI is InChI=1S/C26H26F3N3O6/c1-6-31-20-12-11-18(13-21(20)38-25(31)36)30(5)24(35)32(22(33)16(4)23(34)37-7-2)14-17-9-8-10-19(15(17)3)26(27,28)29/h8-13H,4,6-7,14H2,1-3,5H3. The van der Waals surface area contributed by atoms with Crippen molar-refractivity contribution in [2.75, 3.05) is 18.6 Å². The Bertz CT molecular complexity index is 1470. The number of nitrogens with zero attached hydrogens (tertiary/aromatic N) is 3. The summed E-state index contributed by atoms with van der Waals surface area (Å²) < 4.78 is 51.8. The van der Waals surface area contributed by atoms with Gasteiger partial charge in [0.2, 0.25) is 0 Å². The van der Waals surface area contributed by atoms with Gasteiger partial charge in [0.15, 0.2) is 5.58 Å². The smallest absolute Gasteiger partial charge is 0.419 e. The summed E-state index contributed by atoms with van der Waals surface area (Å²) in [6, 6.07) is 6.93. The van der Waals surface area contributed by atoms with Crippen LogP contribution in [0.4, 0.5) is 23.7 Å². The van der Waals surface area contributed by atoms with Gasteiger partial charge in [-0.15, -0.1) is 0 Å². The van der Waals surface area contributed by atoms with Crippen molar-refractivity contribution >= 4 is 34.7 Å². The van der Waals surface area contributed by atoms with Crippen LogP contribution in [0.1, 0.15) is 30.5 Å². The summed E-state index contributed by atoms with van der Waals surface area (Å²) in [5.41, 5.74) is -0.832. The van der Waals surface area contributed by atoms with Crippen LogP contribution >= 0.6 is 0 Å². The molecule has 0 aliphatic heterocycles. The molecule has 0 fully saturated rings. The molecule has 0 radical (unpaired) electrons. The third-order valence-corrected chi connectivity index (χ3v) is 5.98. The molecule has 0 aliphatic carbocycles. The minimum Gasteiger partial charge on any atom is -0.462 e. The molecular weight excluding hydrogens is 507 g/mol. The maximum Gasteiger partial charge on any atom is 0.419 e. The molecule has 1 heterocycles. The first-order valence-corrected chi connectivity index (χ1v) is 11.6. The average Bonchev–Trinajstić information content (AvgIpc) is 3.19. The van der Waals surface area contributed by atoms with Crippen LogP contribution < -0.4 is 10.7 Å². The van der Waals surface area contributed by atoms with Gasteiger partial charge in [0.1, 0.15) is 5.57 Å².